The van der Waals surface area contributed by atoms with Gasteiger partial charge in [0.15, 0.2) is 0 Å². The van der Waals surface area contributed by atoms with E-state index < -0.39 is 0 Å². The lowest BCUT2D eigenvalue weighted by Gasteiger charge is -2.29. The molecule has 18 heavy (non-hydrogen) atoms. The van der Waals surface area contributed by atoms with E-state index in [1.165, 1.54) is 0 Å². The van der Waals surface area contributed by atoms with Crippen LogP contribution >= 0.6 is 0 Å². The molecule has 0 saturated heterocycles. The van der Waals surface area contributed by atoms with Crippen LogP contribution in [0.2, 0.25) is 0 Å². The Balaban J connectivity index is 3.03. The van der Waals surface area contributed by atoms with Crippen LogP contribution in [0.1, 0.15) is 39.1 Å². The average molecular weight is 250 g/mol. The van der Waals surface area contributed by atoms with Crippen molar-refractivity contribution in [2.45, 2.75) is 47.2 Å². The van der Waals surface area contributed by atoms with E-state index in [4.69, 9.17) is 0 Å². The van der Waals surface area contributed by atoms with Crippen molar-refractivity contribution >= 4 is 5.95 Å². The molecule has 0 aromatic carbocycles. The fourth-order valence-corrected chi connectivity index (χ4v) is 1.93. The maximum atomic E-state index is 4.65. The van der Waals surface area contributed by atoms with Gasteiger partial charge in [-0.15, -0.1) is 0 Å². The molecule has 0 atom stereocenters. The zero-order valence-corrected chi connectivity index (χ0v) is 12.5. The number of nitrogens with one attached hydrogen (secondary N) is 1. The summed E-state index contributed by atoms with van der Waals surface area (Å²) in [5.41, 5.74) is 2.08. The van der Waals surface area contributed by atoms with Crippen molar-refractivity contribution in [2.24, 2.45) is 5.92 Å². The first-order valence-electron chi connectivity index (χ1n) is 6.69. The summed E-state index contributed by atoms with van der Waals surface area (Å²) >= 11 is 0. The third kappa shape index (κ3) is 4.26. The van der Waals surface area contributed by atoms with Crippen LogP contribution in [0.15, 0.2) is 6.07 Å². The largest absolute Gasteiger partial charge is 0.338 e. The van der Waals surface area contributed by atoms with E-state index in [-0.39, 0.29) is 0 Å². The first kappa shape index (κ1) is 14.9. The van der Waals surface area contributed by atoms with E-state index in [9.17, 15) is 0 Å². The standard InChI is InChI=1S/C14H26N4/c1-10(2)9-18(11(3)4)14-16-12(5)7-13(17-14)8-15-6/h7,10-11,15H,8-9H2,1-6H3. The molecule has 0 unspecified atom stereocenters. The Morgan fingerprint density at radius 2 is 1.89 bits per heavy atom. The van der Waals surface area contributed by atoms with Crippen LogP contribution in [-0.4, -0.2) is 29.6 Å². The zero-order valence-electron chi connectivity index (χ0n) is 12.5. The van der Waals surface area contributed by atoms with Crippen molar-refractivity contribution in [1.82, 2.24) is 15.3 Å². The second-order valence-electron chi connectivity index (χ2n) is 5.47. The van der Waals surface area contributed by atoms with E-state index in [0.717, 1.165) is 30.4 Å². The maximum Gasteiger partial charge on any atom is 0.226 e. The summed E-state index contributed by atoms with van der Waals surface area (Å²) < 4.78 is 0. The minimum atomic E-state index is 0.414. The molecule has 1 aromatic heterocycles. The Labute approximate surface area is 111 Å². The molecule has 0 aliphatic heterocycles. The molecule has 1 heterocycles. The van der Waals surface area contributed by atoms with E-state index in [1.54, 1.807) is 0 Å². The molecule has 0 saturated carbocycles. The Morgan fingerprint density at radius 3 is 2.39 bits per heavy atom. The lowest BCUT2D eigenvalue weighted by Crippen LogP contribution is -2.36. The first-order chi connectivity index (χ1) is 8.43. The normalized spacial score (nSPS) is 11.3. The summed E-state index contributed by atoms with van der Waals surface area (Å²) in [5, 5.41) is 3.14. The van der Waals surface area contributed by atoms with Gasteiger partial charge in [0, 0.05) is 24.8 Å². The van der Waals surface area contributed by atoms with Crippen molar-refractivity contribution < 1.29 is 0 Å². The van der Waals surface area contributed by atoms with Gasteiger partial charge in [-0.25, -0.2) is 9.97 Å². The van der Waals surface area contributed by atoms with Crippen molar-refractivity contribution in [3.05, 3.63) is 17.5 Å². The third-order valence-electron chi connectivity index (χ3n) is 2.70. The zero-order chi connectivity index (χ0) is 13.7. The molecule has 0 amide bonds. The van der Waals surface area contributed by atoms with Gasteiger partial charge in [0.25, 0.3) is 0 Å². The van der Waals surface area contributed by atoms with Gasteiger partial charge in [-0.2, -0.15) is 0 Å². The molecule has 1 N–H and O–H groups in total. The van der Waals surface area contributed by atoms with Gasteiger partial charge in [-0.3, -0.25) is 0 Å². The number of aromatic nitrogens is 2. The molecule has 0 aliphatic carbocycles. The Kier molecular flexibility index (Phi) is 5.54. The summed E-state index contributed by atoms with van der Waals surface area (Å²) in [4.78, 5) is 11.5. The van der Waals surface area contributed by atoms with Crippen LogP contribution in [0.25, 0.3) is 0 Å². The SMILES string of the molecule is CNCc1cc(C)nc(N(CC(C)C)C(C)C)n1. The van der Waals surface area contributed by atoms with Crippen molar-refractivity contribution in [3.63, 3.8) is 0 Å². The number of hydrogen-bond acceptors (Lipinski definition) is 4. The molecule has 1 aromatic rings. The fourth-order valence-electron chi connectivity index (χ4n) is 1.93. The minimum Gasteiger partial charge on any atom is -0.338 e. The van der Waals surface area contributed by atoms with Crippen LogP contribution in [0.4, 0.5) is 5.95 Å². The van der Waals surface area contributed by atoms with E-state index in [0.29, 0.717) is 12.0 Å². The molecule has 1 rings (SSSR count). The van der Waals surface area contributed by atoms with Gasteiger partial charge in [0.1, 0.15) is 0 Å². The number of hydrogen-bond donors (Lipinski definition) is 1. The van der Waals surface area contributed by atoms with Gasteiger partial charge >= 0.3 is 0 Å². The highest BCUT2D eigenvalue weighted by Gasteiger charge is 2.15. The van der Waals surface area contributed by atoms with Gasteiger partial charge in [-0.05, 0) is 39.8 Å². The second kappa shape index (κ2) is 6.69. The molecule has 4 nitrogen and oxygen atoms in total. The number of aryl methyl sites for hydroxylation is 1. The highest BCUT2D eigenvalue weighted by atomic mass is 15.3. The van der Waals surface area contributed by atoms with Gasteiger partial charge < -0.3 is 10.2 Å². The van der Waals surface area contributed by atoms with E-state index in [1.807, 2.05) is 20.0 Å². The molecule has 0 aliphatic rings. The van der Waals surface area contributed by atoms with E-state index in [2.05, 4.69) is 47.9 Å². The summed E-state index contributed by atoms with van der Waals surface area (Å²) in [6.07, 6.45) is 0. The van der Waals surface area contributed by atoms with Crippen LogP contribution < -0.4 is 10.2 Å². The maximum absolute atomic E-state index is 4.65. The van der Waals surface area contributed by atoms with Gasteiger partial charge in [0.05, 0.1) is 5.69 Å². The first-order valence-corrected chi connectivity index (χ1v) is 6.69. The van der Waals surface area contributed by atoms with Gasteiger partial charge in [-0.1, -0.05) is 13.8 Å². The Hall–Kier alpha value is -1.16. The Morgan fingerprint density at radius 1 is 1.22 bits per heavy atom. The predicted octanol–water partition coefficient (Wildman–Crippen LogP) is 2.38. The topological polar surface area (TPSA) is 41.1 Å². The van der Waals surface area contributed by atoms with E-state index >= 15 is 0 Å². The van der Waals surface area contributed by atoms with Crippen LogP contribution in [0.3, 0.4) is 0 Å². The summed E-state index contributed by atoms with van der Waals surface area (Å²) in [7, 11) is 1.94. The van der Waals surface area contributed by atoms with Crippen molar-refractivity contribution in [3.8, 4) is 0 Å². The fraction of sp³-hybridized carbons (Fsp3) is 0.714. The second-order valence-corrected chi connectivity index (χ2v) is 5.47. The molecule has 0 spiro atoms. The highest BCUT2D eigenvalue weighted by Crippen LogP contribution is 2.15. The van der Waals surface area contributed by atoms with Crippen LogP contribution in [-0.2, 0) is 6.54 Å². The average Bonchev–Trinajstić information content (AvgIpc) is 2.24. The lowest BCUT2D eigenvalue weighted by atomic mass is 10.2. The number of rotatable bonds is 6. The molecule has 4 heteroatoms. The van der Waals surface area contributed by atoms with Gasteiger partial charge in [0.2, 0.25) is 5.95 Å². The van der Waals surface area contributed by atoms with Crippen LogP contribution in [0, 0.1) is 12.8 Å². The number of nitrogens with zero attached hydrogens (tertiary/aromatic N) is 3. The highest BCUT2D eigenvalue weighted by molar-refractivity contribution is 5.33. The number of anilines is 1. The summed E-state index contributed by atoms with van der Waals surface area (Å²) in [6.45, 7) is 12.6. The monoisotopic (exact) mass is 250 g/mol. The third-order valence-corrected chi connectivity index (χ3v) is 2.70. The predicted molar refractivity (Wildman–Crippen MR) is 76.9 cm³/mol. The quantitative estimate of drug-likeness (QED) is 0.841. The van der Waals surface area contributed by atoms with Crippen molar-refractivity contribution in [2.75, 3.05) is 18.5 Å². The van der Waals surface area contributed by atoms with Crippen molar-refractivity contribution in [1.29, 1.82) is 0 Å². The Bertz CT molecular complexity index is 374. The smallest absolute Gasteiger partial charge is 0.226 e. The summed E-state index contributed by atoms with van der Waals surface area (Å²) in [5.74, 6) is 1.45. The lowest BCUT2D eigenvalue weighted by molar-refractivity contribution is 0.558. The molecule has 102 valence electrons. The molecule has 0 fully saturated rings. The molecule has 0 radical (unpaired) electrons. The molecular formula is C14H26N4. The van der Waals surface area contributed by atoms with Crippen LogP contribution in [0.5, 0.6) is 0 Å². The molecular weight excluding hydrogens is 224 g/mol. The summed E-state index contributed by atoms with van der Waals surface area (Å²) in [6, 6.07) is 2.45. The minimum absolute atomic E-state index is 0.414. The molecule has 0 bridgehead atoms.